The first-order valence-electron chi connectivity index (χ1n) is 7.77. The summed E-state index contributed by atoms with van der Waals surface area (Å²) in [7, 11) is 0. The third-order valence-corrected chi connectivity index (χ3v) is 6.99. The van der Waals surface area contributed by atoms with Crippen molar-refractivity contribution in [1.29, 1.82) is 0 Å². The number of aryl methyl sites for hydroxylation is 2. The van der Waals surface area contributed by atoms with Crippen molar-refractivity contribution in [3.05, 3.63) is 40.1 Å². The van der Waals surface area contributed by atoms with Crippen molar-refractivity contribution in [3.8, 4) is 17.1 Å². The molecule has 0 radical (unpaired) electrons. The van der Waals surface area contributed by atoms with Gasteiger partial charge < -0.3 is 10.1 Å². The number of hydrogen-bond donors (Lipinski definition) is 2. The molecule has 0 fully saturated rings. The molecule has 1 aromatic carbocycles. The summed E-state index contributed by atoms with van der Waals surface area (Å²) in [6.45, 7) is 0. The Bertz CT molecular complexity index is 1010. The van der Waals surface area contributed by atoms with Gasteiger partial charge in [0.05, 0.1) is 14.5 Å². The number of hydrogen-bond acceptors (Lipinski definition) is 4. The van der Waals surface area contributed by atoms with Crippen LogP contribution >= 0.6 is 56.5 Å². The summed E-state index contributed by atoms with van der Waals surface area (Å²) >= 11 is 5.93. The molecule has 2 heterocycles. The van der Waals surface area contributed by atoms with E-state index < -0.39 is 0 Å². The third-order valence-electron chi connectivity index (χ3n) is 4.36. The number of fused-ring (bicyclic) bond motifs is 3. The van der Waals surface area contributed by atoms with Crippen LogP contribution in [0.3, 0.4) is 0 Å². The monoisotopic (exact) mass is 564 g/mol. The molecule has 0 saturated heterocycles. The molecular formula is C17H14I2N2O2S. The SMILES string of the molecule is O=c1[nH]c(-c2cc(I)cc(I)c2O)nc2sc3c(c12)CCCCC3. The predicted molar refractivity (Wildman–Crippen MR) is 114 cm³/mol. The average molecular weight is 564 g/mol. The summed E-state index contributed by atoms with van der Waals surface area (Å²) in [6, 6.07) is 3.74. The molecule has 0 amide bonds. The number of thiophene rings is 1. The molecule has 4 nitrogen and oxygen atoms in total. The van der Waals surface area contributed by atoms with E-state index in [-0.39, 0.29) is 11.3 Å². The summed E-state index contributed by atoms with van der Waals surface area (Å²) in [6.07, 6.45) is 5.54. The first-order chi connectivity index (χ1) is 11.5. The highest BCUT2D eigenvalue weighted by Gasteiger charge is 2.20. The van der Waals surface area contributed by atoms with Gasteiger partial charge in [-0.2, -0.15) is 0 Å². The number of phenolic OH excluding ortho intramolecular Hbond substituents is 1. The first kappa shape index (κ1) is 16.8. The fourth-order valence-electron chi connectivity index (χ4n) is 3.21. The molecule has 7 heteroatoms. The lowest BCUT2D eigenvalue weighted by molar-refractivity contribution is 0.473. The number of phenols is 1. The number of aromatic hydroxyl groups is 1. The quantitative estimate of drug-likeness (QED) is 0.329. The lowest BCUT2D eigenvalue weighted by Crippen LogP contribution is -2.10. The van der Waals surface area contributed by atoms with Crippen molar-refractivity contribution in [1.82, 2.24) is 9.97 Å². The molecule has 1 aliphatic rings. The van der Waals surface area contributed by atoms with Gasteiger partial charge in [0, 0.05) is 8.45 Å². The number of benzene rings is 1. The zero-order valence-corrected chi connectivity index (χ0v) is 17.8. The standard InChI is InChI=1S/C17H14I2N2O2S/c18-8-6-10(14(22)11(19)7-8)15-20-16(23)13-9-4-2-1-3-5-12(9)24-17(13)21-15/h6-7,22H,1-5H2,(H,20,21,23). The highest BCUT2D eigenvalue weighted by molar-refractivity contribution is 14.1. The Labute approximate surface area is 170 Å². The second-order valence-electron chi connectivity index (χ2n) is 5.94. The molecule has 0 spiro atoms. The van der Waals surface area contributed by atoms with E-state index in [1.54, 1.807) is 11.3 Å². The maximum Gasteiger partial charge on any atom is 0.260 e. The highest BCUT2D eigenvalue weighted by Crippen LogP contribution is 2.36. The smallest absolute Gasteiger partial charge is 0.260 e. The molecule has 0 bridgehead atoms. The van der Waals surface area contributed by atoms with Crippen LogP contribution in [0.4, 0.5) is 0 Å². The lowest BCUT2D eigenvalue weighted by Gasteiger charge is -2.07. The summed E-state index contributed by atoms with van der Waals surface area (Å²) in [4.78, 5) is 22.4. The van der Waals surface area contributed by atoms with Crippen LogP contribution in [0.1, 0.15) is 29.7 Å². The Hall–Kier alpha value is -0.680. The van der Waals surface area contributed by atoms with Crippen molar-refractivity contribution < 1.29 is 5.11 Å². The van der Waals surface area contributed by atoms with Gasteiger partial charge in [-0.25, -0.2) is 4.98 Å². The van der Waals surface area contributed by atoms with Crippen molar-refractivity contribution in [2.75, 3.05) is 0 Å². The second-order valence-corrected chi connectivity index (χ2v) is 9.43. The molecule has 4 rings (SSSR count). The Morgan fingerprint density at radius 1 is 1.17 bits per heavy atom. The Kier molecular flexibility index (Phi) is 4.59. The van der Waals surface area contributed by atoms with Gasteiger partial charge in [0.1, 0.15) is 16.4 Å². The molecule has 0 saturated carbocycles. The number of aromatic amines is 1. The molecule has 2 aromatic heterocycles. The number of nitrogens with zero attached hydrogens (tertiary/aromatic N) is 1. The predicted octanol–water partition coefficient (Wildman–Crippen LogP) is 4.84. The topological polar surface area (TPSA) is 66.0 Å². The molecule has 124 valence electrons. The van der Waals surface area contributed by atoms with Gasteiger partial charge in [0.25, 0.3) is 5.56 Å². The van der Waals surface area contributed by atoms with Gasteiger partial charge in [-0.15, -0.1) is 11.3 Å². The molecular weight excluding hydrogens is 550 g/mol. The van der Waals surface area contributed by atoms with Crippen LogP contribution in [0.15, 0.2) is 16.9 Å². The van der Waals surface area contributed by atoms with Crippen LogP contribution in [0, 0.1) is 7.14 Å². The largest absolute Gasteiger partial charge is 0.506 e. The van der Waals surface area contributed by atoms with E-state index in [4.69, 9.17) is 0 Å². The van der Waals surface area contributed by atoms with Gasteiger partial charge in [-0.3, -0.25) is 4.79 Å². The Morgan fingerprint density at radius 3 is 2.79 bits per heavy atom. The second kappa shape index (κ2) is 6.56. The third kappa shape index (κ3) is 2.88. The van der Waals surface area contributed by atoms with Crippen molar-refractivity contribution in [2.45, 2.75) is 32.1 Å². The maximum absolute atomic E-state index is 12.7. The van der Waals surface area contributed by atoms with Gasteiger partial charge >= 0.3 is 0 Å². The minimum atomic E-state index is -0.0948. The van der Waals surface area contributed by atoms with Gasteiger partial charge in [-0.1, -0.05) is 6.42 Å². The van der Waals surface area contributed by atoms with E-state index in [0.717, 1.165) is 36.6 Å². The minimum absolute atomic E-state index is 0.0948. The van der Waals surface area contributed by atoms with Crippen LogP contribution in [-0.4, -0.2) is 15.1 Å². The highest BCUT2D eigenvalue weighted by atomic mass is 127. The van der Waals surface area contributed by atoms with E-state index in [2.05, 4.69) is 55.1 Å². The fraction of sp³-hybridized carbons (Fsp3) is 0.294. The zero-order chi connectivity index (χ0) is 16.8. The maximum atomic E-state index is 12.7. The van der Waals surface area contributed by atoms with E-state index in [0.29, 0.717) is 11.4 Å². The van der Waals surface area contributed by atoms with E-state index in [9.17, 15) is 9.90 Å². The van der Waals surface area contributed by atoms with Gasteiger partial charge in [0.15, 0.2) is 0 Å². The van der Waals surface area contributed by atoms with Crippen molar-refractivity contribution in [3.63, 3.8) is 0 Å². The summed E-state index contributed by atoms with van der Waals surface area (Å²) in [5, 5.41) is 11.1. The normalized spacial score (nSPS) is 14.6. The molecule has 2 N–H and O–H groups in total. The van der Waals surface area contributed by atoms with Crippen molar-refractivity contribution >= 4 is 66.7 Å². The van der Waals surface area contributed by atoms with E-state index in [1.165, 1.54) is 23.3 Å². The number of H-pyrrole nitrogens is 1. The summed E-state index contributed by atoms with van der Waals surface area (Å²) < 4.78 is 1.74. The summed E-state index contributed by atoms with van der Waals surface area (Å²) in [5.41, 5.74) is 1.67. The number of rotatable bonds is 1. The molecule has 24 heavy (non-hydrogen) atoms. The number of aromatic nitrogens is 2. The first-order valence-corrected chi connectivity index (χ1v) is 10.7. The number of halogens is 2. The van der Waals surface area contributed by atoms with Crippen LogP contribution in [-0.2, 0) is 12.8 Å². The Morgan fingerprint density at radius 2 is 1.96 bits per heavy atom. The van der Waals surface area contributed by atoms with Crippen LogP contribution in [0.5, 0.6) is 5.75 Å². The van der Waals surface area contributed by atoms with Gasteiger partial charge in [-0.05, 0) is 88.6 Å². The summed E-state index contributed by atoms with van der Waals surface area (Å²) in [5.74, 6) is 0.606. The van der Waals surface area contributed by atoms with Crippen LogP contribution in [0.25, 0.3) is 21.6 Å². The van der Waals surface area contributed by atoms with Gasteiger partial charge in [0.2, 0.25) is 0 Å². The zero-order valence-electron chi connectivity index (χ0n) is 12.7. The fourth-order valence-corrected chi connectivity index (χ4v) is 6.32. The molecule has 0 aliphatic heterocycles. The molecule has 3 aromatic rings. The average Bonchev–Trinajstić information content (AvgIpc) is 2.73. The van der Waals surface area contributed by atoms with Crippen molar-refractivity contribution in [2.24, 2.45) is 0 Å². The molecule has 0 unspecified atom stereocenters. The number of nitrogens with one attached hydrogen (secondary N) is 1. The Balaban J connectivity index is 1.95. The minimum Gasteiger partial charge on any atom is -0.506 e. The van der Waals surface area contributed by atoms with E-state index in [1.807, 2.05) is 12.1 Å². The molecule has 1 aliphatic carbocycles. The lowest BCUT2D eigenvalue weighted by atomic mass is 10.1. The van der Waals surface area contributed by atoms with Crippen LogP contribution < -0.4 is 5.56 Å². The van der Waals surface area contributed by atoms with Crippen LogP contribution in [0.2, 0.25) is 0 Å². The molecule has 0 atom stereocenters. The van der Waals surface area contributed by atoms with E-state index >= 15 is 0 Å².